The normalized spacial score (nSPS) is 11.1. The average Bonchev–Trinajstić information content (AvgIpc) is 2.64. The van der Waals surface area contributed by atoms with Crippen LogP contribution in [-0.4, -0.2) is 30.6 Å². The van der Waals surface area contributed by atoms with E-state index in [1.165, 1.54) is 17.7 Å². The number of non-ortho nitro benzene ring substituents is 1. The van der Waals surface area contributed by atoms with Gasteiger partial charge in [-0.3, -0.25) is 10.1 Å². The molecule has 7 nitrogen and oxygen atoms in total. The Labute approximate surface area is 153 Å². The second-order valence-corrected chi connectivity index (χ2v) is 5.71. The number of hydrogen-bond acceptors (Lipinski definition) is 4. The van der Waals surface area contributed by atoms with E-state index in [1.807, 2.05) is 44.2 Å². The lowest BCUT2D eigenvalue weighted by Gasteiger charge is -2.12. The lowest BCUT2D eigenvalue weighted by atomic mass is 10.2. The van der Waals surface area contributed by atoms with Crippen molar-refractivity contribution in [3.8, 4) is 5.75 Å². The number of hydrogen-bond donors (Lipinski definition) is 2. The Bertz CT molecular complexity index is 745. The third-order valence-corrected chi connectivity index (χ3v) is 3.57. The van der Waals surface area contributed by atoms with Gasteiger partial charge in [0.1, 0.15) is 12.4 Å². The molecule has 2 rings (SSSR count). The van der Waals surface area contributed by atoms with Crippen LogP contribution in [0.25, 0.3) is 0 Å². The number of aliphatic imine (C=N–C) groups is 1. The van der Waals surface area contributed by atoms with E-state index in [9.17, 15) is 10.1 Å². The monoisotopic (exact) mass is 356 g/mol. The number of rotatable bonds is 8. The van der Waals surface area contributed by atoms with Crippen molar-refractivity contribution in [2.24, 2.45) is 4.99 Å². The first-order valence-electron chi connectivity index (χ1n) is 8.53. The Morgan fingerprint density at radius 2 is 1.96 bits per heavy atom. The van der Waals surface area contributed by atoms with Gasteiger partial charge in [0.2, 0.25) is 0 Å². The van der Waals surface area contributed by atoms with Crippen LogP contribution in [-0.2, 0) is 6.54 Å². The Balaban J connectivity index is 1.85. The number of ether oxygens (including phenoxy) is 1. The summed E-state index contributed by atoms with van der Waals surface area (Å²) in [7, 11) is 0. The number of nitrogens with zero attached hydrogens (tertiary/aromatic N) is 2. The summed E-state index contributed by atoms with van der Waals surface area (Å²) >= 11 is 0. The molecule has 0 fully saturated rings. The number of nitro groups is 1. The number of nitrogens with one attached hydrogen (secondary N) is 2. The molecule has 0 heterocycles. The third kappa shape index (κ3) is 6.43. The van der Waals surface area contributed by atoms with E-state index in [2.05, 4.69) is 15.6 Å². The molecular formula is C19H24N4O3. The van der Waals surface area contributed by atoms with Crippen LogP contribution in [0.1, 0.15) is 18.1 Å². The van der Waals surface area contributed by atoms with Crippen LogP contribution >= 0.6 is 0 Å². The minimum Gasteiger partial charge on any atom is -0.492 e. The maximum atomic E-state index is 10.8. The van der Waals surface area contributed by atoms with E-state index in [4.69, 9.17) is 4.74 Å². The van der Waals surface area contributed by atoms with E-state index >= 15 is 0 Å². The highest BCUT2D eigenvalue weighted by molar-refractivity contribution is 5.79. The maximum absolute atomic E-state index is 10.8. The van der Waals surface area contributed by atoms with E-state index in [0.29, 0.717) is 25.7 Å². The van der Waals surface area contributed by atoms with Crippen molar-refractivity contribution in [3.63, 3.8) is 0 Å². The SMILES string of the molecule is CCNC(=NCc1cccc([N+](=O)[O-])c1)NCCOc1ccc(C)cc1. The van der Waals surface area contributed by atoms with E-state index in [-0.39, 0.29) is 5.69 Å². The van der Waals surface area contributed by atoms with Crippen LogP contribution in [0.2, 0.25) is 0 Å². The summed E-state index contributed by atoms with van der Waals surface area (Å²) in [5, 5.41) is 17.2. The molecule has 0 saturated carbocycles. The van der Waals surface area contributed by atoms with Gasteiger partial charge < -0.3 is 15.4 Å². The first-order chi connectivity index (χ1) is 12.6. The first-order valence-corrected chi connectivity index (χ1v) is 8.53. The average molecular weight is 356 g/mol. The Morgan fingerprint density at radius 3 is 2.65 bits per heavy atom. The van der Waals surface area contributed by atoms with Gasteiger partial charge >= 0.3 is 0 Å². The largest absolute Gasteiger partial charge is 0.492 e. The fourth-order valence-electron chi connectivity index (χ4n) is 2.25. The first kappa shape index (κ1) is 19.2. The predicted molar refractivity (Wildman–Crippen MR) is 103 cm³/mol. The number of guanidine groups is 1. The molecule has 26 heavy (non-hydrogen) atoms. The van der Waals surface area contributed by atoms with Gasteiger partial charge in [0, 0.05) is 18.7 Å². The molecule has 0 atom stereocenters. The molecule has 0 spiro atoms. The number of nitro benzene ring substituents is 1. The predicted octanol–water partition coefficient (Wildman–Crippen LogP) is 3.04. The van der Waals surface area contributed by atoms with Crippen LogP contribution in [0.3, 0.4) is 0 Å². The molecule has 0 bridgehead atoms. The molecule has 0 amide bonds. The van der Waals surface area contributed by atoms with Gasteiger partial charge in [-0.1, -0.05) is 29.8 Å². The summed E-state index contributed by atoms with van der Waals surface area (Å²) in [5.74, 6) is 1.47. The molecule has 7 heteroatoms. The second kappa shape index (κ2) is 10.0. The Hall–Kier alpha value is -3.09. The highest BCUT2D eigenvalue weighted by atomic mass is 16.6. The molecule has 2 aromatic rings. The molecule has 0 aliphatic carbocycles. The number of aryl methyl sites for hydroxylation is 1. The summed E-state index contributed by atoms with van der Waals surface area (Å²) in [4.78, 5) is 14.9. The van der Waals surface area contributed by atoms with Crippen molar-refractivity contribution in [3.05, 3.63) is 69.8 Å². The second-order valence-electron chi connectivity index (χ2n) is 5.71. The topological polar surface area (TPSA) is 88.8 Å². The van der Waals surface area contributed by atoms with Gasteiger partial charge in [-0.05, 0) is 31.5 Å². The van der Waals surface area contributed by atoms with Gasteiger partial charge in [-0.15, -0.1) is 0 Å². The van der Waals surface area contributed by atoms with E-state index < -0.39 is 4.92 Å². The van der Waals surface area contributed by atoms with Crippen molar-refractivity contribution in [2.75, 3.05) is 19.7 Å². The quantitative estimate of drug-likeness (QED) is 0.249. The van der Waals surface area contributed by atoms with E-state index in [0.717, 1.165) is 17.9 Å². The summed E-state index contributed by atoms with van der Waals surface area (Å²) in [6.07, 6.45) is 0. The molecular weight excluding hydrogens is 332 g/mol. The van der Waals surface area contributed by atoms with Gasteiger partial charge in [-0.25, -0.2) is 4.99 Å². The Kier molecular flexibility index (Phi) is 7.42. The van der Waals surface area contributed by atoms with Crippen molar-refractivity contribution in [2.45, 2.75) is 20.4 Å². The summed E-state index contributed by atoms with van der Waals surface area (Å²) in [6.45, 7) is 6.19. The number of benzene rings is 2. The molecule has 0 unspecified atom stereocenters. The van der Waals surface area contributed by atoms with Crippen molar-refractivity contribution >= 4 is 11.6 Å². The fraction of sp³-hybridized carbons (Fsp3) is 0.316. The minimum atomic E-state index is -0.404. The zero-order valence-electron chi connectivity index (χ0n) is 15.1. The minimum absolute atomic E-state index is 0.0714. The lowest BCUT2D eigenvalue weighted by Crippen LogP contribution is -2.39. The van der Waals surface area contributed by atoms with Crippen molar-refractivity contribution in [1.29, 1.82) is 0 Å². The highest BCUT2D eigenvalue weighted by Gasteiger charge is 2.05. The third-order valence-electron chi connectivity index (χ3n) is 3.57. The maximum Gasteiger partial charge on any atom is 0.269 e. The smallest absolute Gasteiger partial charge is 0.269 e. The van der Waals surface area contributed by atoms with E-state index in [1.54, 1.807) is 6.07 Å². The molecule has 0 aromatic heterocycles. The molecule has 138 valence electrons. The molecule has 2 aromatic carbocycles. The molecule has 0 aliphatic heterocycles. The molecule has 0 radical (unpaired) electrons. The Morgan fingerprint density at radius 1 is 1.19 bits per heavy atom. The van der Waals surface area contributed by atoms with Crippen molar-refractivity contribution in [1.82, 2.24) is 10.6 Å². The molecule has 0 saturated heterocycles. The van der Waals surface area contributed by atoms with Crippen LogP contribution in [0.4, 0.5) is 5.69 Å². The molecule has 2 N–H and O–H groups in total. The lowest BCUT2D eigenvalue weighted by molar-refractivity contribution is -0.384. The van der Waals surface area contributed by atoms with Crippen LogP contribution < -0.4 is 15.4 Å². The van der Waals surface area contributed by atoms with Crippen LogP contribution in [0, 0.1) is 17.0 Å². The fourth-order valence-corrected chi connectivity index (χ4v) is 2.25. The molecule has 0 aliphatic rings. The highest BCUT2D eigenvalue weighted by Crippen LogP contribution is 2.13. The van der Waals surface area contributed by atoms with Crippen molar-refractivity contribution < 1.29 is 9.66 Å². The zero-order chi connectivity index (χ0) is 18.8. The summed E-state index contributed by atoms with van der Waals surface area (Å²) in [5.41, 5.74) is 2.05. The van der Waals surface area contributed by atoms with Crippen LogP contribution in [0.15, 0.2) is 53.5 Å². The van der Waals surface area contributed by atoms with Gasteiger partial charge in [-0.2, -0.15) is 0 Å². The van der Waals surface area contributed by atoms with Gasteiger partial charge in [0.05, 0.1) is 18.0 Å². The van der Waals surface area contributed by atoms with Crippen LogP contribution in [0.5, 0.6) is 5.75 Å². The standard InChI is InChI=1S/C19H24N4O3/c1-3-20-19(21-11-12-26-18-9-7-15(2)8-10-18)22-14-16-5-4-6-17(13-16)23(24)25/h4-10,13H,3,11-12,14H2,1-2H3,(H2,20,21,22). The van der Waals surface area contributed by atoms with Gasteiger partial charge in [0.25, 0.3) is 5.69 Å². The van der Waals surface area contributed by atoms with Gasteiger partial charge in [0.15, 0.2) is 5.96 Å². The summed E-state index contributed by atoms with van der Waals surface area (Å²) < 4.78 is 5.67. The zero-order valence-corrected chi connectivity index (χ0v) is 15.1. The summed E-state index contributed by atoms with van der Waals surface area (Å²) in [6, 6.07) is 14.4.